The third-order valence-electron chi connectivity index (χ3n) is 1.05. The summed E-state index contributed by atoms with van der Waals surface area (Å²) in [6.07, 6.45) is 4.78. The second-order valence-electron chi connectivity index (χ2n) is 1.97. The molecule has 0 aromatic heterocycles. The van der Waals surface area contributed by atoms with E-state index >= 15 is 0 Å². The molecule has 0 N–H and O–H groups in total. The molecular weight excluding hydrogens is 159 g/mol. The second-order valence-corrected chi connectivity index (χ2v) is 3.20. The Morgan fingerprint density at radius 2 is 2.44 bits per heavy atom. The molecule has 0 heterocycles. The summed E-state index contributed by atoms with van der Waals surface area (Å²) in [5.74, 6) is 0. The van der Waals surface area contributed by atoms with Gasteiger partial charge >= 0.3 is 0 Å². The molecule has 0 saturated heterocycles. The Bertz CT molecular complexity index is 172. The third-order valence-corrected chi connectivity index (χ3v) is 1.61. The van der Waals surface area contributed by atoms with Gasteiger partial charge in [0.15, 0.2) is 5.00 Å². The number of allylic oxidation sites excluding steroid dienone is 3. The zero-order chi connectivity index (χ0) is 6.91. The molecule has 1 rings (SSSR count). The summed E-state index contributed by atoms with van der Waals surface area (Å²) in [7, 11) is 0. The maximum Gasteiger partial charge on any atom is 0.177 e. The van der Waals surface area contributed by atoms with Gasteiger partial charge in [-0.2, -0.15) is 0 Å². The normalized spacial score (nSPS) is 34.3. The van der Waals surface area contributed by atoms with E-state index in [2.05, 4.69) is 12.6 Å². The summed E-state index contributed by atoms with van der Waals surface area (Å²) in [5, 5.41) is -1.03. The molecular formula is C6H6ClFS. The molecule has 50 valence electrons. The van der Waals surface area contributed by atoms with E-state index in [1.54, 1.807) is 12.2 Å². The van der Waals surface area contributed by atoms with Gasteiger partial charge in [-0.1, -0.05) is 17.7 Å². The lowest BCUT2D eigenvalue weighted by Gasteiger charge is -2.16. The van der Waals surface area contributed by atoms with E-state index in [-0.39, 0.29) is 6.42 Å². The van der Waals surface area contributed by atoms with E-state index in [0.29, 0.717) is 5.03 Å². The fraction of sp³-hybridized carbons (Fsp3) is 0.333. The highest BCUT2D eigenvalue weighted by atomic mass is 35.5. The lowest BCUT2D eigenvalue weighted by Crippen LogP contribution is -2.11. The first-order valence-electron chi connectivity index (χ1n) is 2.55. The zero-order valence-corrected chi connectivity index (χ0v) is 6.29. The molecule has 1 aliphatic rings. The van der Waals surface area contributed by atoms with E-state index in [4.69, 9.17) is 11.6 Å². The SMILES string of the molecule is FC1(S)C=CC=C(Cl)C1. The average Bonchev–Trinajstić information content (AvgIpc) is 1.60. The van der Waals surface area contributed by atoms with Gasteiger partial charge in [-0.3, -0.25) is 0 Å². The molecule has 0 spiro atoms. The molecule has 3 heteroatoms. The number of hydrogen-bond donors (Lipinski definition) is 1. The number of halogens is 2. The Kier molecular flexibility index (Phi) is 1.87. The van der Waals surface area contributed by atoms with E-state index in [9.17, 15) is 4.39 Å². The predicted octanol–water partition coefficient (Wildman–Crippen LogP) is 2.66. The molecule has 0 aliphatic heterocycles. The average molecular weight is 165 g/mol. The van der Waals surface area contributed by atoms with Gasteiger partial charge in [-0.05, 0) is 12.2 Å². The van der Waals surface area contributed by atoms with Gasteiger partial charge in [0.05, 0.1) is 0 Å². The van der Waals surface area contributed by atoms with E-state index < -0.39 is 5.00 Å². The molecule has 9 heavy (non-hydrogen) atoms. The van der Waals surface area contributed by atoms with Crippen LogP contribution in [0.2, 0.25) is 0 Å². The molecule has 0 bridgehead atoms. The molecule has 1 unspecified atom stereocenters. The summed E-state index contributed by atoms with van der Waals surface area (Å²) in [4.78, 5) is 0. The molecule has 0 fully saturated rings. The zero-order valence-electron chi connectivity index (χ0n) is 4.64. The van der Waals surface area contributed by atoms with Gasteiger partial charge in [-0.25, -0.2) is 4.39 Å². The number of rotatable bonds is 0. The fourth-order valence-electron chi connectivity index (χ4n) is 0.655. The van der Waals surface area contributed by atoms with Crippen molar-refractivity contribution in [2.45, 2.75) is 11.4 Å². The highest BCUT2D eigenvalue weighted by Gasteiger charge is 2.23. The molecule has 0 amide bonds. The minimum atomic E-state index is -1.54. The van der Waals surface area contributed by atoms with E-state index in [1.807, 2.05) is 0 Å². The number of alkyl halides is 1. The van der Waals surface area contributed by atoms with Gasteiger partial charge in [0.1, 0.15) is 0 Å². The van der Waals surface area contributed by atoms with Crippen LogP contribution in [0, 0.1) is 0 Å². The largest absolute Gasteiger partial charge is 0.227 e. The molecule has 0 aromatic carbocycles. The smallest absolute Gasteiger partial charge is 0.177 e. The van der Waals surface area contributed by atoms with Crippen molar-refractivity contribution in [1.29, 1.82) is 0 Å². The topological polar surface area (TPSA) is 0 Å². The minimum absolute atomic E-state index is 0.175. The van der Waals surface area contributed by atoms with Crippen LogP contribution in [-0.2, 0) is 0 Å². The van der Waals surface area contributed by atoms with Gasteiger partial charge in [-0.15, -0.1) is 12.6 Å². The van der Waals surface area contributed by atoms with Crippen LogP contribution >= 0.6 is 24.2 Å². The van der Waals surface area contributed by atoms with Gasteiger partial charge in [0.25, 0.3) is 0 Å². The van der Waals surface area contributed by atoms with Crippen molar-refractivity contribution >= 4 is 24.2 Å². The predicted molar refractivity (Wildman–Crippen MR) is 40.5 cm³/mol. The lowest BCUT2D eigenvalue weighted by atomic mass is 10.1. The summed E-state index contributed by atoms with van der Waals surface area (Å²) < 4.78 is 12.8. The second kappa shape index (κ2) is 2.35. The van der Waals surface area contributed by atoms with E-state index in [0.717, 1.165) is 0 Å². The Hall–Kier alpha value is 0.0500. The first kappa shape index (κ1) is 7.16. The standard InChI is InChI=1S/C6H6ClFS/c7-5-2-1-3-6(8,9)4-5/h1-3,9H,4H2. The van der Waals surface area contributed by atoms with Crippen LogP contribution in [0.1, 0.15) is 6.42 Å². The fourth-order valence-corrected chi connectivity index (χ4v) is 1.27. The maximum absolute atomic E-state index is 12.8. The van der Waals surface area contributed by atoms with Crippen LogP contribution in [0.25, 0.3) is 0 Å². The molecule has 0 radical (unpaired) electrons. The first-order chi connectivity index (χ1) is 4.10. The van der Waals surface area contributed by atoms with Crippen LogP contribution < -0.4 is 0 Å². The molecule has 1 atom stereocenters. The van der Waals surface area contributed by atoms with Crippen molar-refractivity contribution in [1.82, 2.24) is 0 Å². The maximum atomic E-state index is 12.8. The van der Waals surface area contributed by atoms with Crippen molar-refractivity contribution in [3.05, 3.63) is 23.3 Å². The Balaban J connectivity index is 2.73. The van der Waals surface area contributed by atoms with Crippen LogP contribution in [0.4, 0.5) is 4.39 Å². The molecule has 0 aromatic rings. The quantitative estimate of drug-likeness (QED) is 0.523. The molecule has 0 nitrogen and oxygen atoms in total. The monoisotopic (exact) mass is 164 g/mol. The third kappa shape index (κ3) is 2.03. The highest BCUT2D eigenvalue weighted by Crippen LogP contribution is 2.31. The van der Waals surface area contributed by atoms with Crippen LogP contribution in [0.3, 0.4) is 0 Å². The van der Waals surface area contributed by atoms with Crippen molar-refractivity contribution in [3.63, 3.8) is 0 Å². The summed E-state index contributed by atoms with van der Waals surface area (Å²) in [6.45, 7) is 0. The van der Waals surface area contributed by atoms with Gasteiger partial charge < -0.3 is 0 Å². The Labute approximate surface area is 63.8 Å². The molecule has 1 aliphatic carbocycles. The Morgan fingerprint density at radius 3 is 2.78 bits per heavy atom. The van der Waals surface area contributed by atoms with Crippen molar-refractivity contribution in [2.75, 3.05) is 0 Å². The van der Waals surface area contributed by atoms with Gasteiger partial charge in [0.2, 0.25) is 0 Å². The van der Waals surface area contributed by atoms with Crippen LogP contribution in [-0.4, -0.2) is 5.00 Å². The molecule has 0 saturated carbocycles. The van der Waals surface area contributed by atoms with Crippen molar-refractivity contribution in [2.24, 2.45) is 0 Å². The first-order valence-corrected chi connectivity index (χ1v) is 3.38. The summed E-state index contributed by atoms with van der Waals surface area (Å²) >= 11 is 9.22. The van der Waals surface area contributed by atoms with Crippen molar-refractivity contribution < 1.29 is 4.39 Å². The minimum Gasteiger partial charge on any atom is -0.227 e. The van der Waals surface area contributed by atoms with E-state index in [1.165, 1.54) is 6.08 Å². The summed E-state index contributed by atoms with van der Waals surface area (Å²) in [6, 6.07) is 0. The number of hydrogen-bond acceptors (Lipinski definition) is 1. The lowest BCUT2D eigenvalue weighted by molar-refractivity contribution is 0.359. The van der Waals surface area contributed by atoms with Crippen molar-refractivity contribution in [3.8, 4) is 0 Å². The van der Waals surface area contributed by atoms with Crippen LogP contribution in [0.5, 0.6) is 0 Å². The summed E-state index contributed by atoms with van der Waals surface area (Å²) in [5.41, 5.74) is 0. The highest BCUT2D eigenvalue weighted by molar-refractivity contribution is 7.81. The van der Waals surface area contributed by atoms with Crippen LogP contribution in [0.15, 0.2) is 23.3 Å². The van der Waals surface area contributed by atoms with Gasteiger partial charge in [0, 0.05) is 11.5 Å². The number of thiol groups is 1. The Morgan fingerprint density at radius 1 is 1.78 bits per heavy atom.